The Bertz CT molecular complexity index is 155. The van der Waals surface area contributed by atoms with Crippen LogP contribution < -0.4 is 0 Å². The highest BCUT2D eigenvalue weighted by molar-refractivity contribution is 4.82. The van der Waals surface area contributed by atoms with Gasteiger partial charge >= 0.3 is 0 Å². The van der Waals surface area contributed by atoms with E-state index in [9.17, 15) is 0 Å². The summed E-state index contributed by atoms with van der Waals surface area (Å²) < 4.78 is 0. The first-order valence-corrected chi connectivity index (χ1v) is 5.65. The van der Waals surface area contributed by atoms with Crippen molar-refractivity contribution < 1.29 is 0 Å². The van der Waals surface area contributed by atoms with Gasteiger partial charge in [-0.05, 0) is 44.6 Å². The van der Waals surface area contributed by atoms with E-state index in [-0.39, 0.29) is 0 Å². The van der Waals surface area contributed by atoms with Gasteiger partial charge in [0.1, 0.15) is 0 Å². The largest absolute Gasteiger partial charge is 0.301 e. The van der Waals surface area contributed by atoms with Crippen LogP contribution in [0.1, 0.15) is 47.5 Å². The zero-order chi connectivity index (χ0) is 10.1. The summed E-state index contributed by atoms with van der Waals surface area (Å²) in [6, 6.07) is 0.727. The summed E-state index contributed by atoms with van der Waals surface area (Å²) in [7, 11) is 0. The summed E-state index contributed by atoms with van der Waals surface area (Å²) in [4.78, 5) is 2.62. The second-order valence-corrected chi connectivity index (χ2v) is 5.79. The minimum Gasteiger partial charge on any atom is -0.301 e. The highest BCUT2D eigenvalue weighted by atomic mass is 15.2. The van der Waals surface area contributed by atoms with E-state index < -0.39 is 0 Å². The van der Waals surface area contributed by atoms with Crippen LogP contribution in [0.5, 0.6) is 0 Å². The molecule has 1 heterocycles. The summed E-state index contributed by atoms with van der Waals surface area (Å²) in [6.07, 6.45) is 2.81. The predicted molar refractivity (Wildman–Crippen MR) is 58.9 cm³/mol. The van der Waals surface area contributed by atoms with Crippen LogP contribution in [0, 0.1) is 11.3 Å². The van der Waals surface area contributed by atoms with Crippen molar-refractivity contribution in [1.82, 2.24) is 4.90 Å². The molecule has 0 aromatic carbocycles. The number of piperidine rings is 1. The van der Waals surface area contributed by atoms with Gasteiger partial charge in [-0.25, -0.2) is 0 Å². The van der Waals surface area contributed by atoms with Gasteiger partial charge in [0, 0.05) is 12.6 Å². The Morgan fingerprint density at radius 3 is 2.31 bits per heavy atom. The SMILES string of the molecule is CC(C)N1CCC[C@H](C(C)(C)C)C1. The number of hydrogen-bond donors (Lipinski definition) is 0. The highest BCUT2D eigenvalue weighted by Gasteiger charge is 2.30. The molecule has 78 valence electrons. The fourth-order valence-electron chi connectivity index (χ4n) is 2.18. The van der Waals surface area contributed by atoms with Gasteiger partial charge in [-0.1, -0.05) is 20.8 Å². The fraction of sp³-hybridized carbons (Fsp3) is 1.00. The molecule has 0 aromatic rings. The number of rotatable bonds is 1. The van der Waals surface area contributed by atoms with Crippen LogP contribution in [-0.2, 0) is 0 Å². The van der Waals surface area contributed by atoms with Gasteiger partial charge in [0.2, 0.25) is 0 Å². The molecule has 0 N–H and O–H groups in total. The van der Waals surface area contributed by atoms with Gasteiger partial charge in [-0.3, -0.25) is 0 Å². The van der Waals surface area contributed by atoms with Crippen LogP contribution in [0.4, 0.5) is 0 Å². The average molecular weight is 183 g/mol. The van der Waals surface area contributed by atoms with Crippen LogP contribution in [0.25, 0.3) is 0 Å². The Morgan fingerprint density at radius 1 is 1.23 bits per heavy atom. The molecule has 0 aliphatic carbocycles. The number of likely N-dealkylation sites (tertiary alicyclic amines) is 1. The lowest BCUT2D eigenvalue weighted by atomic mass is 9.76. The molecule has 1 rings (SSSR count). The molecule has 1 nitrogen and oxygen atoms in total. The smallest absolute Gasteiger partial charge is 0.00387 e. The third-order valence-electron chi connectivity index (χ3n) is 3.41. The fourth-order valence-corrected chi connectivity index (χ4v) is 2.18. The third kappa shape index (κ3) is 2.98. The molecule has 13 heavy (non-hydrogen) atoms. The molecule has 0 radical (unpaired) electrons. The zero-order valence-corrected chi connectivity index (χ0v) is 9.93. The Balaban J connectivity index is 2.52. The van der Waals surface area contributed by atoms with Crippen molar-refractivity contribution >= 4 is 0 Å². The van der Waals surface area contributed by atoms with Crippen molar-refractivity contribution in [3.63, 3.8) is 0 Å². The van der Waals surface area contributed by atoms with Gasteiger partial charge < -0.3 is 4.90 Å². The van der Waals surface area contributed by atoms with Crippen LogP contribution in [0.15, 0.2) is 0 Å². The maximum Gasteiger partial charge on any atom is 0.00387 e. The molecule has 0 bridgehead atoms. The molecule has 0 aromatic heterocycles. The van der Waals surface area contributed by atoms with Crippen molar-refractivity contribution in [1.29, 1.82) is 0 Å². The lowest BCUT2D eigenvalue weighted by Gasteiger charge is -2.41. The van der Waals surface area contributed by atoms with Gasteiger partial charge in [-0.15, -0.1) is 0 Å². The minimum atomic E-state index is 0.494. The second kappa shape index (κ2) is 4.00. The maximum atomic E-state index is 2.62. The predicted octanol–water partition coefficient (Wildman–Crippen LogP) is 3.15. The number of hydrogen-bond acceptors (Lipinski definition) is 1. The van der Waals surface area contributed by atoms with Crippen molar-refractivity contribution in [2.24, 2.45) is 11.3 Å². The molecular weight excluding hydrogens is 158 g/mol. The monoisotopic (exact) mass is 183 g/mol. The summed E-state index contributed by atoms with van der Waals surface area (Å²) >= 11 is 0. The van der Waals surface area contributed by atoms with Crippen LogP contribution in [0.3, 0.4) is 0 Å². The van der Waals surface area contributed by atoms with E-state index >= 15 is 0 Å². The zero-order valence-electron chi connectivity index (χ0n) is 9.93. The molecular formula is C12H25N. The van der Waals surface area contributed by atoms with Crippen LogP contribution >= 0.6 is 0 Å². The van der Waals surface area contributed by atoms with E-state index in [2.05, 4.69) is 39.5 Å². The van der Waals surface area contributed by atoms with E-state index in [1.54, 1.807) is 0 Å². The van der Waals surface area contributed by atoms with Crippen molar-refractivity contribution in [2.45, 2.75) is 53.5 Å². The van der Waals surface area contributed by atoms with Crippen LogP contribution in [0.2, 0.25) is 0 Å². The molecule has 1 fully saturated rings. The second-order valence-electron chi connectivity index (χ2n) is 5.79. The van der Waals surface area contributed by atoms with Gasteiger partial charge in [0.15, 0.2) is 0 Å². The van der Waals surface area contributed by atoms with E-state index in [4.69, 9.17) is 0 Å². The average Bonchev–Trinajstić information content (AvgIpc) is 2.03. The van der Waals surface area contributed by atoms with Crippen molar-refractivity contribution in [3.05, 3.63) is 0 Å². The standard InChI is InChI=1S/C12H25N/c1-10(2)13-8-6-7-11(9-13)12(3,4)5/h10-11H,6-9H2,1-5H3/t11-/m0/s1. The molecule has 0 amide bonds. The molecule has 1 atom stereocenters. The molecule has 1 aliphatic rings. The lowest BCUT2D eigenvalue weighted by Crippen LogP contribution is -2.43. The Hall–Kier alpha value is -0.0400. The summed E-state index contributed by atoms with van der Waals surface area (Å²) in [5.74, 6) is 0.892. The van der Waals surface area contributed by atoms with Gasteiger partial charge in [-0.2, -0.15) is 0 Å². The summed E-state index contributed by atoms with van der Waals surface area (Å²) in [5, 5.41) is 0. The molecule has 0 saturated carbocycles. The molecule has 0 spiro atoms. The normalized spacial score (nSPS) is 26.8. The van der Waals surface area contributed by atoms with E-state index in [1.807, 2.05) is 0 Å². The summed E-state index contributed by atoms with van der Waals surface area (Å²) in [6.45, 7) is 14.4. The molecule has 0 unspecified atom stereocenters. The molecule has 1 saturated heterocycles. The van der Waals surface area contributed by atoms with Crippen molar-refractivity contribution in [3.8, 4) is 0 Å². The molecule has 1 heteroatoms. The van der Waals surface area contributed by atoms with E-state index in [0.29, 0.717) is 5.41 Å². The topological polar surface area (TPSA) is 3.24 Å². The first-order valence-electron chi connectivity index (χ1n) is 5.65. The summed E-state index contributed by atoms with van der Waals surface area (Å²) in [5.41, 5.74) is 0.494. The first-order chi connectivity index (χ1) is 5.91. The Labute approximate surface area is 83.5 Å². The highest BCUT2D eigenvalue weighted by Crippen LogP contribution is 2.33. The maximum absolute atomic E-state index is 2.62. The minimum absolute atomic E-state index is 0.494. The van der Waals surface area contributed by atoms with E-state index in [0.717, 1.165) is 12.0 Å². The quantitative estimate of drug-likeness (QED) is 0.603. The Kier molecular flexibility index (Phi) is 3.39. The number of nitrogens with zero attached hydrogens (tertiary/aromatic N) is 1. The first kappa shape index (κ1) is 11.0. The third-order valence-corrected chi connectivity index (χ3v) is 3.41. The molecule has 1 aliphatic heterocycles. The van der Waals surface area contributed by atoms with Gasteiger partial charge in [0.05, 0.1) is 0 Å². The Morgan fingerprint density at radius 2 is 1.85 bits per heavy atom. The lowest BCUT2D eigenvalue weighted by molar-refractivity contribution is 0.0787. The van der Waals surface area contributed by atoms with Crippen LogP contribution in [-0.4, -0.2) is 24.0 Å². The van der Waals surface area contributed by atoms with E-state index in [1.165, 1.54) is 25.9 Å². The van der Waals surface area contributed by atoms with Crippen molar-refractivity contribution in [2.75, 3.05) is 13.1 Å². The van der Waals surface area contributed by atoms with Gasteiger partial charge in [0.25, 0.3) is 0 Å².